The van der Waals surface area contributed by atoms with Gasteiger partial charge in [-0.15, -0.1) is 5.10 Å². The van der Waals surface area contributed by atoms with E-state index in [2.05, 4.69) is 10.3 Å². The molecule has 0 fully saturated rings. The van der Waals surface area contributed by atoms with Crippen LogP contribution in [0.5, 0.6) is 0 Å². The molecule has 0 aliphatic carbocycles. The number of carbonyl (C=O) groups excluding carboxylic acids is 1. The number of hydrogen-bond donors (Lipinski definition) is 1. The molecule has 1 aliphatic rings. The average Bonchev–Trinajstić information content (AvgIpc) is 3.03. The fourth-order valence-electron chi connectivity index (χ4n) is 2.22. The van der Waals surface area contributed by atoms with E-state index >= 15 is 0 Å². The summed E-state index contributed by atoms with van der Waals surface area (Å²) in [5, 5.41) is 16.0. The molecule has 20 heavy (non-hydrogen) atoms. The van der Waals surface area contributed by atoms with Crippen LogP contribution in [-0.4, -0.2) is 43.4 Å². The molecule has 102 valence electrons. The van der Waals surface area contributed by atoms with E-state index in [1.54, 1.807) is 4.90 Å². The van der Waals surface area contributed by atoms with Crippen molar-refractivity contribution in [1.29, 1.82) is 0 Å². The summed E-state index contributed by atoms with van der Waals surface area (Å²) >= 11 is 0. The molecule has 1 aliphatic heterocycles. The second-order valence-electron chi connectivity index (χ2n) is 4.56. The van der Waals surface area contributed by atoms with Gasteiger partial charge in [0, 0.05) is 18.7 Å². The molecule has 0 spiro atoms. The van der Waals surface area contributed by atoms with Crippen LogP contribution in [0.1, 0.15) is 26.4 Å². The summed E-state index contributed by atoms with van der Waals surface area (Å²) in [4.78, 5) is 24.5. The first-order valence-electron chi connectivity index (χ1n) is 6.16. The van der Waals surface area contributed by atoms with Gasteiger partial charge in [-0.2, -0.15) is 0 Å². The third-order valence-corrected chi connectivity index (χ3v) is 3.25. The van der Waals surface area contributed by atoms with Crippen LogP contribution in [0.3, 0.4) is 0 Å². The number of amides is 1. The third-order valence-electron chi connectivity index (χ3n) is 3.25. The van der Waals surface area contributed by atoms with Crippen LogP contribution >= 0.6 is 0 Å². The van der Waals surface area contributed by atoms with Crippen molar-refractivity contribution in [3.05, 3.63) is 47.3 Å². The van der Waals surface area contributed by atoms with Gasteiger partial charge in [-0.25, -0.2) is 9.48 Å². The standard InChI is InChI=1S/C13H12N4O3/c18-12-10-4-2-1-3-9(10)7-16(12)5-6-17-8-11(13(19)20)14-15-17/h1-4,8H,5-7H2,(H,19,20). The fourth-order valence-corrected chi connectivity index (χ4v) is 2.22. The molecular formula is C13H12N4O3. The fraction of sp³-hybridized carbons (Fsp3) is 0.231. The molecule has 1 N–H and O–H groups in total. The number of carboxylic acids is 1. The van der Waals surface area contributed by atoms with Gasteiger partial charge in [0.25, 0.3) is 5.91 Å². The Balaban J connectivity index is 1.65. The number of benzene rings is 1. The molecular weight excluding hydrogens is 260 g/mol. The van der Waals surface area contributed by atoms with E-state index in [1.807, 2.05) is 24.3 Å². The smallest absolute Gasteiger partial charge is 0.358 e. The molecule has 7 heteroatoms. The lowest BCUT2D eigenvalue weighted by Crippen LogP contribution is -2.28. The van der Waals surface area contributed by atoms with E-state index in [-0.39, 0.29) is 11.6 Å². The number of carbonyl (C=O) groups is 2. The Labute approximate surface area is 114 Å². The van der Waals surface area contributed by atoms with E-state index in [4.69, 9.17) is 5.11 Å². The number of fused-ring (bicyclic) bond motifs is 1. The maximum Gasteiger partial charge on any atom is 0.358 e. The Morgan fingerprint density at radius 3 is 2.80 bits per heavy atom. The van der Waals surface area contributed by atoms with Gasteiger partial charge in [-0.3, -0.25) is 4.79 Å². The highest BCUT2D eigenvalue weighted by Gasteiger charge is 2.26. The van der Waals surface area contributed by atoms with E-state index in [0.717, 1.165) is 11.1 Å². The van der Waals surface area contributed by atoms with Crippen molar-refractivity contribution in [2.75, 3.05) is 6.54 Å². The number of carboxylic acid groups (broad SMARTS) is 1. The maximum atomic E-state index is 12.1. The van der Waals surface area contributed by atoms with Gasteiger partial charge in [0.1, 0.15) is 0 Å². The zero-order chi connectivity index (χ0) is 14.1. The van der Waals surface area contributed by atoms with Crippen molar-refractivity contribution in [3.8, 4) is 0 Å². The Morgan fingerprint density at radius 2 is 2.10 bits per heavy atom. The molecule has 0 saturated heterocycles. The molecule has 0 saturated carbocycles. The molecule has 2 aromatic rings. The minimum atomic E-state index is -1.11. The molecule has 7 nitrogen and oxygen atoms in total. The van der Waals surface area contributed by atoms with Crippen molar-refractivity contribution >= 4 is 11.9 Å². The van der Waals surface area contributed by atoms with Crippen molar-refractivity contribution in [2.45, 2.75) is 13.1 Å². The lowest BCUT2D eigenvalue weighted by Gasteiger charge is -2.14. The van der Waals surface area contributed by atoms with Gasteiger partial charge in [-0.05, 0) is 11.6 Å². The van der Waals surface area contributed by atoms with Crippen LogP contribution < -0.4 is 0 Å². The largest absolute Gasteiger partial charge is 0.476 e. The second-order valence-corrected chi connectivity index (χ2v) is 4.56. The van der Waals surface area contributed by atoms with Gasteiger partial charge >= 0.3 is 5.97 Å². The highest BCUT2D eigenvalue weighted by atomic mass is 16.4. The summed E-state index contributed by atoms with van der Waals surface area (Å²) in [7, 11) is 0. The first-order chi connectivity index (χ1) is 9.65. The molecule has 0 bridgehead atoms. The predicted molar refractivity (Wildman–Crippen MR) is 68.2 cm³/mol. The molecule has 0 radical (unpaired) electrons. The van der Waals surface area contributed by atoms with E-state index in [9.17, 15) is 9.59 Å². The maximum absolute atomic E-state index is 12.1. The number of hydrogen-bond acceptors (Lipinski definition) is 4. The second kappa shape index (κ2) is 4.76. The minimum absolute atomic E-state index is 0.000765. The Morgan fingerprint density at radius 1 is 1.30 bits per heavy atom. The predicted octanol–water partition coefficient (Wildman–Crippen LogP) is 0.632. The van der Waals surface area contributed by atoms with E-state index in [0.29, 0.717) is 19.6 Å². The van der Waals surface area contributed by atoms with Gasteiger partial charge in [-0.1, -0.05) is 23.4 Å². The lowest BCUT2D eigenvalue weighted by atomic mass is 10.1. The highest BCUT2D eigenvalue weighted by molar-refractivity contribution is 5.98. The summed E-state index contributed by atoms with van der Waals surface area (Å²) < 4.78 is 1.43. The van der Waals surface area contributed by atoms with Crippen molar-refractivity contribution < 1.29 is 14.7 Å². The van der Waals surface area contributed by atoms with Crippen LogP contribution in [0, 0.1) is 0 Å². The van der Waals surface area contributed by atoms with Crippen molar-refractivity contribution in [3.63, 3.8) is 0 Å². The first kappa shape index (κ1) is 12.3. The lowest BCUT2D eigenvalue weighted by molar-refractivity contribution is 0.0689. The van der Waals surface area contributed by atoms with Crippen LogP contribution in [0.4, 0.5) is 0 Å². The Bertz CT molecular complexity index is 680. The monoisotopic (exact) mass is 272 g/mol. The normalized spacial score (nSPS) is 13.6. The van der Waals surface area contributed by atoms with Crippen LogP contribution in [-0.2, 0) is 13.1 Å². The summed E-state index contributed by atoms with van der Waals surface area (Å²) in [6.07, 6.45) is 1.36. The van der Waals surface area contributed by atoms with Crippen LogP contribution in [0.15, 0.2) is 30.5 Å². The zero-order valence-electron chi connectivity index (χ0n) is 10.6. The molecule has 1 aromatic heterocycles. The molecule has 1 aromatic carbocycles. The summed E-state index contributed by atoms with van der Waals surface area (Å²) in [5.41, 5.74) is 1.65. The average molecular weight is 272 g/mol. The topological polar surface area (TPSA) is 88.3 Å². The third kappa shape index (κ3) is 2.13. The number of aromatic nitrogens is 3. The van der Waals surface area contributed by atoms with Crippen LogP contribution in [0.25, 0.3) is 0 Å². The van der Waals surface area contributed by atoms with E-state index in [1.165, 1.54) is 10.9 Å². The minimum Gasteiger partial charge on any atom is -0.476 e. The first-order valence-corrected chi connectivity index (χ1v) is 6.16. The molecule has 2 heterocycles. The van der Waals surface area contributed by atoms with Gasteiger partial charge < -0.3 is 10.0 Å². The summed E-state index contributed by atoms with van der Waals surface area (Å²) in [6, 6.07) is 7.50. The summed E-state index contributed by atoms with van der Waals surface area (Å²) in [6.45, 7) is 1.46. The molecule has 0 atom stereocenters. The van der Waals surface area contributed by atoms with Gasteiger partial charge in [0.15, 0.2) is 5.69 Å². The van der Waals surface area contributed by atoms with Gasteiger partial charge in [0.05, 0.1) is 12.7 Å². The quantitative estimate of drug-likeness (QED) is 0.882. The van der Waals surface area contributed by atoms with Crippen molar-refractivity contribution in [1.82, 2.24) is 19.9 Å². The molecule has 3 rings (SSSR count). The summed E-state index contributed by atoms with van der Waals surface area (Å²) in [5.74, 6) is -1.11. The Hall–Kier alpha value is -2.70. The molecule has 0 unspecified atom stereocenters. The van der Waals surface area contributed by atoms with E-state index < -0.39 is 5.97 Å². The number of aromatic carboxylic acids is 1. The Kier molecular flexibility index (Phi) is 2.94. The highest BCUT2D eigenvalue weighted by Crippen LogP contribution is 2.21. The SMILES string of the molecule is O=C(O)c1cn(CCN2Cc3ccccc3C2=O)nn1. The van der Waals surface area contributed by atoms with Gasteiger partial charge in [0.2, 0.25) is 0 Å². The number of rotatable bonds is 4. The molecule has 1 amide bonds. The van der Waals surface area contributed by atoms with Crippen LogP contribution in [0.2, 0.25) is 0 Å². The zero-order valence-corrected chi connectivity index (χ0v) is 10.6. The van der Waals surface area contributed by atoms with Crippen molar-refractivity contribution in [2.24, 2.45) is 0 Å². The number of nitrogens with zero attached hydrogens (tertiary/aromatic N) is 4.